The van der Waals surface area contributed by atoms with Crippen LogP contribution in [0.3, 0.4) is 0 Å². The Labute approximate surface area is 109 Å². The van der Waals surface area contributed by atoms with Gasteiger partial charge in [0, 0.05) is 12.7 Å². The number of hydrogen-bond acceptors (Lipinski definition) is 3. The minimum atomic E-state index is 0.576. The summed E-state index contributed by atoms with van der Waals surface area (Å²) < 4.78 is 0. The third-order valence-corrected chi connectivity index (χ3v) is 2.93. The zero-order valence-electron chi connectivity index (χ0n) is 11.0. The summed E-state index contributed by atoms with van der Waals surface area (Å²) in [7, 11) is 4.22. The van der Waals surface area contributed by atoms with Crippen molar-refractivity contribution in [3.63, 3.8) is 0 Å². The fraction of sp³-hybridized carbons (Fsp3) is 0.615. The van der Waals surface area contributed by atoms with E-state index in [1.165, 1.54) is 12.0 Å². The van der Waals surface area contributed by atoms with Crippen molar-refractivity contribution in [2.45, 2.75) is 19.9 Å². The fourth-order valence-corrected chi connectivity index (χ4v) is 1.96. The van der Waals surface area contributed by atoms with Gasteiger partial charge in [-0.15, -0.1) is 0 Å². The van der Waals surface area contributed by atoms with Crippen LogP contribution in [0.2, 0.25) is 5.15 Å². The lowest BCUT2D eigenvalue weighted by molar-refractivity contribution is 0.259. The van der Waals surface area contributed by atoms with E-state index < -0.39 is 0 Å². The predicted octanol–water partition coefficient (Wildman–Crippen LogP) is 2.51. The van der Waals surface area contributed by atoms with Gasteiger partial charge < -0.3 is 4.90 Å². The van der Waals surface area contributed by atoms with Crippen molar-refractivity contribution in [2.24, 2.45) is 0 Å². The molecule has 1 aromatic heterocycles. The second-order valence-electron chi connectivity index (χ2n) is 4.51. The Balaban J connectivity index is 2.41. The first-order valence-electron chi connectivity index (χ1n) is 6.09. The molecular formula is C13H22ClN3. The summed E-state index contributed by atoms with van der Waals surface area (Å²) in [5.74, 6) is 0. The lowest BCUT2D eigenvalue weighted by Crippen LogP contribution is -2.26. The molecular weight excluding hydrogens is 234 g/mol. The highest BCUT2D eigenvalue weighted by Gasteiger charge is 2.04. The molecule has 0 aliphatic heterocycles. The average molecular weight is 256 g/mol. The van der Waals surface area contributed by atoms with Crippen LogP contribution in [0, 0.1) is 0 Å². The Kier molecular flexibility index (Phi) is 6.48. The highest BCUT2D eigenvalue weighted by Crippen LogP contribution is 2.10. The maximum Gasteiger partial charge on any atom is 0.129 e. The summed E-state index contributed by atoms with van der Waals surface area (Å²) in [5, 5.41) is 0.576. The van der Waals surface area contributed by atoms with Crippen LogP contribution in [0.5, 0.6) is 0 Å². The van der Waals surface area contributed by atoms with E-state index in [0.717, 1.165) is 26.2 Å². The Bertz CT molecular complexity index is 328. The van der Waals surface area contributed by atoms with Gasteiger partial charge in [-0.3, -0.25) is 4.90 Å². The van der Waals surface area contributed by atoms with Gasteiger partial charge in [0.15, 0.2) is 0 Å². The lowest BCUT2D eigenvalue weighted by Gasteiger charge is -2.21. The summed E-state index contributed by atoms with van der Waals surface area (Å²) >= 11 is 5.88. The standard InChI is InChI=1S/C13H22ClN3/c1-4-17(9-5-8-16(2)3)11-12-6-7-15-13(14)10-12/h6-7,10H,4-5,8-9,11H2,1-3H3. The second-order valence-corrected chi connectivity index (χ2v) is 4.90. The van der Waals surface area contributed by atoms with E-state index in [9.17, 15) is 0 Å². The van der Waals surface area contributed by atoms with E-state index in [1.807, 2.05) is 12.1 Å². The molecule has 0 atom stereocenters. The molecule has 0 unspecified atom stereocenters. The van der Waals surface area contributed by atoms with Gasteiger partial charge in [0.05, 0.1) is 0 Å². The summed E-state index contributed by atoms with van der Waals surface area (Å²) in [6.07, 6.45) is 2.96. The van der Waals surface area contributed by atoms with E-state index >= 15 is 0 Å². The van der Waals surface area contributed by atoms with E-state index in [0.29, 0.717) is 5.15 Å². The SMILES string of the molecule is CCN(CCCN(C)C)Cc1ccnc(Cl)c1. The Morgan fingerprint density at radius 3 is 2.65 bits per heavy atom. The number of aromatic nitrogens is 1. The zero-order chi connectivity index (χ0) is 12.7. The third-order valence-electron chi connectivity index (χ3n) is 2.72. The smallest absolute Gasteiger partial charge is 0.129 e. The van der Waals surface area contributed by atoms with Crippen LogP contribution in [0.15, 0.2) is 18.3 Å². The molecule has 0 spiro atoms. The molecule has 0 radical (unpaired) electrons. The summed E-state index contributed by atoms with van der Waals surface area (Å²) in [5.41, 5.74) is 1.23. The van der Waals surface area contributed by atoms with Crippen molar-refractivity contribution < 1.29 is 0 Å². The van der Waals surface area contributed by atoms with Crippen molar-refractivity contribution in [1.82, 2.24) is 14.8 Å². The molecule has 0 saturated carbocycles. The van der Waals surface area contributed by atoms with E-state index in [1.54, 1.807) is 6.20 Å². The Hall–Kier alpha value is -0.640. The Morgan fingerprint density at radius 2 is 2.06 bits per heavy atom. The van der Waals surface area contributed by atoms with Gasteiger partial charge in [-0.2, -0.15) is 0 Å². The molecule has 4 heteroatoms. The molecule has 0 aliphatic carbocycles. The first kappa shape index (κ1) is 14.4. The van der Waals surface area contributed by atoms with E-state index in [2.05, 4.69) is 35.8 Å². The quantitative estimate of drug-likeness (QED) is 0.698. The molecule has 3 nitrogen and oxygen atoms in total. The lowest BCUT2D eigenvalue weighted by atomic mass is 10.2. The van der Waals surface area contributed by atoms with Crippen LogP contribution in [-0.2, 0) is 6.54 Å². The number of rotatable bonds is 7. The summed E-state index contributed by atoms with van der Waals surface area (Å²) in [6, 6.07) is 3.97. The van der Waals surface area contributed by atoms with Crippen LogP contribution in [0.1, 0.15) is 18.9 Å². The van der Waals surface area contributed by atoms with Crippen LogP contribution in [-0.4, -0.2) is 48.5 Å². The third kappa shape index (κ3) is 6.01. The number of hydrogen-bond donors (Lipinski definition) is 0. The van der Waals surface area contributed by atoms with Crippen LogP contribution in [0.4, 0.5) is 0 Å². The van der Waals surface area contributed by atoms with Gasteiger partial charge >= 0.3 is 0 Å². The monoisotopic (exact) mass is 255 g/mol. The minimum Gasteiger partial charge on any atom is -0.309 e. The highest BCUT2D eigenvalue weighted by atomic mass is 35.5. The molecule has 0 saturated heterocycles. The first-order valence-corrected chi connectivity index (χ1v) is 6.47. The van der Waals surface area contributed by atoms with Crippen molar-refractivity contribution in [3.8, 4) is 0 Å². The minimum absolute atomic E-state index is 0.576. The first-order chi connectivity index (χ1) is 8.11. The molecule has 0 bridgehead atoms. The molecule has 0 N–H and O–H groups in total. The van der Waals surface area contributed by atoms with Crippen LogP contribution >= 0.6 is 11.6 Å². The van der Waals surface area contributed by atoms with Gasteiger partial charge in [-0.05, 0) is 57.8 Å². The maximum atomic E-state index is 5.88. The second kappa shape index (κ2) is 7.64. The molecule has 0 fully saturated rings. The molecule has 0 aliphatic rings. The van der Waals surface area contributed by atoms with Gasteiger partial charge in [0.2, 0.25) is 0 Å². The molecule has 1 rings (SSSR count). The van der Waals surface area contributed by atoms with Gasteiger partial charge in [-0.25, -0.2) is 4.98 Å². The Morgan fingerprint density at radius 1 is 1.29 bits per heavy atom. The molecule has 1 heterocycles. The van der Waals surface area contributed by atoms with Crippen LogP contribution < -0.4 is 0 Å². The largest absolute Gasteiger partial charge is 0.309 e. The summed E-state index contributed by atoms with van der Waals surface area (Å²) in [6.45, 7) is 6.46. The molecule has 0 aromatic carbocycles. The van der Waals surface area contributed by atoms with E-state index in [4.69, 9.17) is 11.6 Å². The topological polar surface area (TPSA) is 19.4 Å². The van der Waals surface area contributed by atoms with Gasteiger partial charge in [-0.1, -0.05) is 18.5 Å². The van der Waals surface area contributed by atoms with Gasteiger partial charge in [0.25, 0.3) is 0 Å². The highest BCUT2D eigenvalue weighted by molar-refractivity contribution is 6.29. The van der Waals surface area contributed by atoms with Crippen molar-refractivity contribution in [1.29, 1.82) is 0 Å². The number of halogens is 1. The van der Waals surface area contributed by atoms with Crippen molar-refractivity contribution >= 4 is 11.6 Å². The van der Waals surface area contributed by atoms with E-state index in [-0.39, 0.29) is 0 Å². The van der Waals surface area contributed by atoms with Crippen molar-refractivity contribution in [3.05, 3.63) is 29.0 Å². The molecule has 1 aromatic rings. The average Bonchev–Trinajstić information content (AvgIpc) is 2.27. The van der Waals surface area contributed by atoms with Crippen molar-refractivity contribution in [2.75, 3.05) is 33.7 Å². The summed E-state index contributed by atoms with van der Waals surface area (Å²) in [4.78, 5) is 8.64. The molecule has 17 heavy (non-hydrogen) atoms. The van der Waals surface area contributed by atoms with Gasteiger partial charge in [0.1, 0.15) is 5.15 Å². The normalized spacial score (nSPS) is 11.4. The molecule has 96 valence electrons. The van der Waals surface area contributed by atoms with Crippen LogP contribution in [0.25, 0.3) is 0 Å². The fourth-order valence-electron chi connectivity index (χ4n) is 1.76. The number of pyridine rings is 1. The zero-order valence-corrected chi connectivity index (χ0v) is 11.7. The number of nitrogens with zero attached hydrogens (tertiary/aromatic N) is 3. The predicted molar refractivity (Wildman–Crippen MR) is 73.4 cm³/mol. The molecule has 0 amide bonds. The maximum absolute atomic E-state index is 5.88.